The molecule has 1 aromatic heterocycles. The van der Waals surface area contributed by atoms with Gasteiger partial charge in [0.15, 0.2) is 0 Å². The number of piperidine rings is 1. The number of pyridine rings is 1. The predicted molar refractivity (Wildman–Crippen MR) is 73.5 cm³/mol. The van der Waals surface area contributed by atoms with Crippen molar-refractivity contribution in [3.63, 3.8) is 0 Å². The van der Waals surface area contributed by atoms with Crippen molar-refractivity contribution in [2.24, 2.45) is 5.92 Å². The molecule has 3 rings (SSSR count). The molecule has 2 atom stereocenters. The van der Waals surface area contributed by atoms with E-state index in [1.165, 1.54) is 5.56 Å². The van der Waals surface area contributed by atoms with Gasteiger partial charge in [-0.15, -0.1) is 0 Å². The Morgan fingerprint density at radius 1 is 1.56 bits per heavy atom. The van der Waals surface area contributed by atoms with Crippen molar-refractivity contribution in [3.05, 3.63) is 22.3 Å². The van der Waals surface area contributed by atoms with E-state index < -0.39 is 0 Å². The molecule has 3 heterocycles. The Morgan fingerprint density at radius 2 is 2.39 bits per heavy atom. The first-order valence-electron chi connectivity index (χ1n) is 6.33. The van der Waals surface area contributed by atoms with Crippen LogP contribution in [0.1, 0.15) is 18.4 Å². The third-order valence-corrected chi connectivity index (χ3v) is 4.76. The summed E-state index contributed by atoms with van der Waals surface area (Å²) in [6.45, 7) is 3.80. The van der Waals surface area contributed by atoms with Crippen molar-refractivity contribution in [3.8, 4) is 0 Å². The van der Waals surface area contributed by atoms with Crippen molar-refractivity contribution in [1.29, 1.82) is 0 Å². The fourth-order valence-corrected chi connectivity index (χ4v) is 3.13. The molecular weight excluding hydrogens is 294 g/mol. The van der Waals surface area contributed by atoms with Gasteiger partial charge in [-0.05, 0) is 47.3 Å². The van der Waals surface area contributed by atoms with Crippen LogP contribution in [0.15, 0.2) is 16.7 Å². The second-order valence-electron chi connectivity index (χ2n) is 5.05. The molecule has 0 spiro atoms. The van der Waals surface area contributed by atoms with Crippen LogP contribution in [0.3, 0.4) is 0 Å². The van der Waals surface area contributed by atoms with Gasteiger partial charge >= 0.3 is 0 Å². The van der Waals surface area contributed by atoms with Crippen molar-refractivity contribution >= 4 is 27.7 Å². The van der Waals surface area contributed by atoms with Crippen molar-refractivity contribution in [2.45, 2.75) is 25.8 Å². The summed E-state index contributed by atoms with van der Waals surface area (Å²) < 4.78 is 1.03. The van der Waals surface area contributed by atoms with E-state index in [1.54, 1.807) is 0 Å². The Morgan fingerprint density at radius 3 is 3.17 bits per heavy atom. The van der Waals surface area contributed by atoms with Crippen molar-refractivity contribution in [2.75, 3.05) is 18.0 Å². The monoisotopic (exact) mass is 309 g/mol. The Labute approximate surface area is 115 Å². The van der Waals surface area contributed by atoms with E-state index in [0.717, 1.165) is 36.2 Å². The Hall–Kier alpha value is -1.10. The fraction of sp³-hybridized carbons (Fsp3) is 0.538. The fourth-order valence-electron chi connectivity index (χ4n) is 2.92. The summed E-state index contributed by atoms with van der Waals surface area (Å²) in [6, 6.07) is 2.37. The quantitative estimate of drug-likeness (QED) is 0.861. The van der Waals surface area contributed by atoms with E-state index in [4.69, 9.17) is 0 Å². The lowest BCUT2D eigenvalue weighted by Crippen LogP contribution is -2.46. The number of anilines is 1. The van der Waals surface area contributed by atoms with Gasteiger partial charge < -0.3 is 10.2 Å². The molecule has 0 aromatic carbocycles. The van der Waals surface area contributed by atoms with E-state index in [1.807, 2.05) is 6.20 Å². The van der Waals surface area contributed by atoms with Gasteiger partial charge in [0, 0.05) is 23.8 Å². The van der Waals surface area contributed by atoms with Crippen LogP contribution in [-0.4, -0.2) is 30.0 Å². The van der Waals surface area contributed by atoms with Crippen LogP contribution < -0.4 is 10.2 Å². The molecule has 5 heteroatoms. The highest BCUT2D eigenvalue weighted by Crippen LogP contribution is 2.31. The molecule has 0 radical (unpaired) electrons. The molecule has 0 aliphatic carbocycles. The number of aromatic nitrogens is 1. The first-order chi connectivity index (χ1) is 8.66. The van der Waals surface area contributed by atoms with E-state index in [2.05, 4.69) is 44.1 Å². The van der Waals surface area contributed by atoms with Gasteiger partial charge in [-0.25, -0.2) is 4.98 Å². The summed E-state index contributed by atoms with van der Waals surface area (Å²) in [5, 5.41) is 2.97. The third kappa shape index (κ3) is 1.90. The number of hydrogen-bond donors (Lipinski definition) is 1. The first-order valence-corrected chi connectivity index (χ1v) is 7.12. The highest BCUT2D eigenvalue weighted by molar-refractivity contribution is 9.10. The average Bonchev–Trinajstić information content (AvgIpc) is 2.75. The summed E-state index contributed by atoms with van der Waals surface area (Å²) in [7, 11) is 0. The Bertz CT molecular complexity index is 491. The molecule has 0 saturated carbocycles. The Kier molecular flexibility index (Phi) is 3.01. The van der Waals surface area contributed by atoms with Crippen LogP contribution in [0, 0.1) is 12.8 Å². The van der Waals surface area contributed by atoms with E-state index in [-0.39, 0.29) is 17.9 Å². The second-order valence-corrected chi connectivity index (χ2v) is 5.90. The van der Waals surface area contributed by atoms with Gasteiger partial charge in [-0.3, -0.25) is 4.79 Å². The van der Waals surface area contributed by atoms with Crippen LogP contribution >= 0.6 is 15.9 Å². The number of rotatable bonds is 1. The zero-order valence-corrected chi connectivity index (χ0v) is 11.9. The molecule has 18 heavy (non-hydrogen) atoms. The molecule has 2 aliphatic heterocycles. The summed E-state index contributed by atoms with van der Waals surface area (Å²) >= 11 is 3.47. The minimum absolute atomic E-state index is 0.143. The van der Waals surface area contributed by atoms with E-state index in [0.29, 0.717) is 0 Å². The summed E-state index contributed by atoms with van der Waals surface area (Å²) in [6.07, 6.45) is 3.91. The van der Waals surface area contributed by atoms with Gasteiger partial charge in [0.25, 0.3) is 0 Å². The van der Waals surface area contributed by atoms with Crippen LogP contribution in [0.2, 0.25) is 0 Å². The maximum Gasteiger partial charge on any atom is 0.225 e. The van der Waals surface area contributed by atoms with Crippen molar-refractivity contribution < 1.29 is 4.79 Å². The second kappa shape index (κ2) is 4.53. The first kappa shape index (κ1) is 12.0. The van der Waals surface area contributed by atoms with Gasteiger partial charge in [-0.2, -0.15) is 0 Å². The molecule has 2 aliphatic rings. The average molecular weight is 310 g/mol. The molecule has 0 bridgehead atoms. The van der Waals surface area contributed by atoms with Gasteiger partial charge in [-0.1, -0.05) is 0 Å². The number of amides is 1. The standard InChI is InChI=1S/C13H16BrN3O/c1-8-5-12(15-6-10(8)14)17-4-2-3-9-11(17)7-16-13(9)18/h5-6,9,11H,2-4,7H2,1H3,(H,16,18)/t9-,11-/m1/s1. The topological polar surface area (TPSA) is 45.2 Å². The zero-order chi connectivity index (χ0) is 12.7. The highest BCUT2D eigenvalue weighted by atomic mass is 79.9. The van der Waals surface area contributed by atoms with Crippen LogP contribution in [0.5, 0.6) is 0 Å². The zero-order valence-electron chi connectivity index (χ0n) is 10.3. The molecule has 0 unspecified atom stereocenters. The number of nitrogens with one attached hydrogen (secondary N) is 1. The Balaban J connectivity index is 1.91. The number of carbonyl (C=O) groups is 1. The van der Waals surface area contributed by atoms with Gasteiger partial charge in [0.2, 0.25) is 5.91 Å². The molecule has 4 nitrogen and oxygen atoms in total. The maximum atomic E-state index is 11.7. The number of aryl methyl sites for hydroxylation is 1. The molecule has 1 amide bonds. The third-order valence-electron chi connectivity index (χ3n) is 3.93. The molecule has 2 saturated heterocycles. The smallest absolute Gasteiger partial charge is 0.225 e. The molecule has 1 N–H and O–H groups in total. The molecule has 96 valence electrons. The largest absolute Gasteiger partial charge is 0.354 e. The van der Waals surface area contributed by atoms with Crippen LogP contribution in [-0.2, 0) is 4.79 Å². The van der Waals surface area contributed by atoms with Gasteiger partial charge in [0.1, 0.15) is 5.82 Å². The maximum absolute atomic E-state index is 11.7. The van der Waals surface area contributed by atoms with Crippen LogP contribution in [0.4, 0.5) is 5.82 Å². The lowest BCUT2D eigenvalue weighted by molar-refractivity contribution is -0.122. The number of hydrogen-bond acceptors (Lipinski definition) is 3. The number of halogens is 1. The summed E-state index contributed by atoms with van der Waals surface area (Å²) in [4.78, 5) is 18.5. The van der Waals surface area contributed by atoms with Gasteiger partial charge in [0.05, 0.1) is 12.0 Å². The number of nitrogens with zero attached hydrogens (tertiary/aromatic N) is 2. The number of fused-ring (bicyclic) bond motifs is 1. The molecular formula is C13H16BrN3O. The number of carbonyl (C=O) groups excluding carboxylic acids is 1. The minimum atomic E-state index is 0.143. The van der Waals surface area contributed by atoms with Crippen molar-refractivity contribution in [1.82, 2.24) is 10.3 Å². The SMILES string of the molecule is Cc1cc(N2CCC[C@H]3C(=O)NC[C@H]32)ncc1Br. The normalized spacial score (nSPS) is 27.0. The molecule has 1 aromatic rings. The molecule has 2 fully saturated rings. The van der Waals surface area contributed by atoms with E-state index >= 15 is 0 Å². The summed E-state index contributed by atoms with van der Waals surface area (Å²) in [5.41, 5.74) is 1.18. The van der Waals surface area contributed by atoms with E-state index in [9.17, 15) is 4.79 Å². The predicted octanol–water partition coefficient (Wildman–Crippen LogP) is 1.87. The summed E-state index contributed by atoms with van der Waals surface area (Å²) in [5.74, 6) is 1.34. The lowest BCUT2D eigenvalue weighted by atomic mass is 9.91. The highest BCUT2D eigenvalue weighted by Gasteiger charge is 2.41. The minimum Gasteiger partial charge on any atom is -0.354 e. The lowest BCUT2D eigenvalue weighted by Gasteiger charge is -2.36. The van der Waals surface area contributed by atoms with Crippen LogP contribution in [0.25, 0.3) is 0 Å².